The maximum Gasteiger partial charge on any atom is 0.322 e. The third-order valence-corrected chi connectivity index (χ3v) is 4.80. The lowest BCUT2D eigenvalue weighted by atomic mass is 10.0. The number of carbonyl (C=O) groups excluding carboxylic acids is 1. The Morgan fingerprint density at radius 3 is 2.81 bits per heavy atom. The van der Waals surface area contributed by atoms with Crippen LogP contribution in [0.1, 0.15) is 24.4 Å². The van der Waals surface area contributed by atoms with Crippen LogP contribution in [0, 0.1) is 5.82 Å². The fraction of sp³-hybridized carbons (Fsp3) is 0.316. The molecule has 0 aliphatic carbocycles. The third-order valence-electron chi connectivity index (χ3n) is 4.51. The second kappa shape index (κ2) is 7.83. The van der Waals surface area contributed by atoms with E-state index in [-0.39, 0.29) is 22.8 Å². The van der Waals surface area contributed by atoms with Crippen LogP contribution in [0.15, 0.2) is 36.4 Å². The molecule has 0 bridgehead atoms. The number of carbonyl (C=O) groups is 1. The molecule has 0 aromatic heterocycles. The second-order valence-electron chi connectivity index (χ2n) is 5.99. The summed E-state index contributed by atoms with van der Waals surface area (Å²) < 4.78 is 24.8. The highest BCUT2D eigenvalue weighted by molar-refractivity contribution is 6.31. The highest BCUT2D eigenvalue weighted by atomic mass is 35.5. The van der Waals surface area contributed by atoms with Gasteiger partial charge in [-0.3, -0.25) is 0 Å². The van der Waals surface area contributed by atoms with Crippen molar-refractivity contribution in [2.24, 2.45) is 0 Å². The van der Waals surface area contributed by atoms with E-state index >= 15 is 0 Å². The molecule has 2 aromatic carbocycles. The van der Waals surface area contributed by atoms with Gasteiger partial charge in [-0.05, 0) is 37.1 Å². The first-order chi connectivity index (χ1) is 12.5. The van der Waals surface area contributed by atoms with Crippen LogP contribution in [-0.4, -0.2) is 31.7 Å². The van der Waals surface area contributed by atoms with Gasteiger partial charge in [0.2, 0.25) is 0 Å². The van der Waals surface area contributed by atoms with E-state index in [1.54, 1.807) is 31.3 Å². The summed E-state index contributed by atoms with van der Waals surface area (Å²) in [6.07, 6.45) is 1.65. The summed E-state index contributed by atoms with van der Waals surface area (Å²) in [5.41, 5.74) is 0.961. The molecule has 1 unspecified atom stereocenters. The van der Waals surface area contributed by atoms with Crippen molar-refractivity contribution < 1.29 is 18.7 Å². The van der Waals surface area contributed by atoms with Gasteiger partial charge in [0.1, 0.15) is 11.5 Å². The van der Waals surface area contributed by atoms with Crippen LogP contribution >= 0.6 is 11.6 Å². The number of amides is 2. The van der Waals surface area contributed by atoms with Crippen LogP contribution in [0.3, 0.4) is 0 Å². The van der Waals surface area contributed by atoms with Gasteiger partial charge >= 0.3 is 6.03 Å². The van der Waals surface area contributed by atoms with E-state index in [4.69, 9.17) is 21.1 Å². The normalized spacial score (nSPS) is 16.5. The van der Waals surface area contributed by atoms with Crippen LogP contribution in [0.2, 0.25) is 5.02 Å². The Bertz CT molecular complexity index is 815. The first-order valence-electron chi connectivity index (χ1n) is 8.28. The number of halogens is 2. The monoisotopic (exact) mass is 378 g/mol. The van der Waals surface area contributed by atoms with Crippen LogP contribution in [0.5, 0.6) is 11.5 Å². The summed E-state index contributed by atoms with van der Waals surface area (Å²) in [4.78, 5) is 14.4. The maximum atomic E-state index is 14.1. The van der Waals surface area contributed by atoms with Crippen molar-refractivity contribution in [3.63, 3.8) is 0 Å². The number of ether oxygens (including phenoxy) is 2. The summed E-state index contributed by atoms with van der Waals surface area (Å²) in [5, 5.41) is 2.58. The largest absolute Gasteiger partial charge is 0.497 e. The highest BCUT2D eigenvalue weighted by Crippen LogP contribution is 2.39. The molecule has 1 atom stereocenters. The molecule has 1 aliphatic rings. The second-order valence-corrected chi connectivity index (χ2v) is 6.40. The predicted molar refractivity (Wildman–Crippen MR) is 98.7 cm³/mol. The van der Waals surface area contributed by atoms with Gasteiger partial charge in [0.05, 0.1) is 31.0 Å². The maximum absolute atomic E-state index is 14.1. The Morgan fingerprint density at radius 2 is 2.08 bits per heavy atom. The van der Waals surface area contributed by atoms with Gasteiger partial charge in [0.15, 0.2) is 5.82 Å². The van der Waals surface area contributed by atoms with Gasteiger partial charge in [-0.25, -0.2) is 9.18 Å². The first-order valence-corrected chi connectivity index (χ1v) is 8.66. The number of hydrogen-bond acceptors (Lipinski definition) is 3. The number of likely N-dealkylation sites (tertiary alicyclic amines) is 1. The molecule has 0 radical (unpaired) electrons. The molecule has 7 heteroatoms. The average molecular weight is 379 g/mol. The van der Waals surface area contributed by atoms with Crippen molar-refractivity contribution in [3.05, 3.63) is 52.8 Å². The van der Waals surface area contributed by atoms with Gasteiger partial charge in [-0.1, -0.05) is 17.7 Å². The van der Waals surface area contributed by atoms with Crippen LogP contribution in [0.4, 0.5) is 14.9 Å². The van der Waals surface area contributed by atoms with Crippen molar-refractivity contribution in [2.45, 2.75) is 18.9 Å². The minimum atomic E-state index is -0.639. The van der Waals surface area contributed by atoms with Crippen LogP contribution < -0.4 is 14.8 Å². The fourth-order valence-corrected chi connectivity index (χ4v) is 3.39. The Balaban J connectivity index is 1.84. The zero-order valence-corrected chi connectivity index (χ0v) is 15.3. The van der Waals surface area contributed by atoms with Crippen LogP contribution in [0.25, 0.3) is 0 Å². The number of methoxy groups -OCH3 is 2. The standard InChI is InChI=1S/C19H20ClFN2O3/c1-25-12-8-9-13(17(11-12)26-2)16-7-4-10-23(16)19(24)22-15-6-3-5-14(20)18(15)21/h3,5-6,8-9,11,16H,4,7,10H2,1-2H3,(H,22,24). The predicted octanol–water partition coefficient (Wildman–Crippen LogP) is 4.87. The zero-order valence-electron chi connectivity index (χ0n) is 14.6. The zero-order chi connectivity index (χ0) is 18.7. The molecule has 1 fully saturated rings. The van der Waals surface area contributed by atoms with E-state index in [1.807, 2.05) is 12.1 Å². The smallest absolute Gasteiger partial charge is 0.322 e. The molecule has 1 aliphatic heterocycles. The minimum Gasteiger partial charge on any atom is -0.497 e. The molecule has 0 saturated carbocycles. The van der Waals surface area contributed by atoms with E-state index in [0.29, 0.717) is 18.0 Å². The number of hydrogen-bond donors (Lipinski definition) is 1. The van der Waals surface area contributed by atoms with Gasteiger partial charge in [-0.2, -0.15) is 0 Å². The van der Waals surface area contributed by atoms with E-state index in [0.717, 1.165) is 18.4 Å². The lowest BCUT2D eigenvalue weighted by Gasteiger charge is -2.27. The van der Waals surface area contributed by atoms with Gasteiger partial charge < -0.3 is 19.7 Å². The molecule has 1 heterocycles. The molecule has 26 heavy (non-hydrogen) atoms. The molecule has 138 valence electrons. The summed E-state index contributed by atoms with van der Waals surface area (Å²) in [7, 11) is 3.17. The molecule has 0 spiro atoms. The minimum absolute atomic E-state index is 0.0300. The Morgan fingerprint density at radius 1 is 1.27 bits per heavy atom. The van der Waals surface area contributed by atoms with E-state index in [2.05, 4.69) is 5.32 Å². The molecular formula is C19H20ClFN2O3. The number of rotatable bonds is 4. The molecule has 5 nitrogen and oxygen atoms in total. The van der Waals surface area contributed by atoms with E-state index < -0.39 is 5.82 Å². The lowest BCUT2D eigenvalue weighted by molar-refractivity contribution is 0.206. The molecular weight excluding hydrogens is 359 g/mol. The summed E-state index contributed by atoms with van der Waals surface area (Å²) in [6.45, 7) is 0.577. The van der Waals surface area contributed by atoms with Crippen molar-refractivity contribution in [1.29, 1.82) is 0 Å². The highest BCUT2D eigenvalue weighted by Gasteiger charge is 2.32. The van der Waals surface area contributed by atoms with Gasteiger partial charge in [-0.15, -0.1) is 0 Å². The quantitative estimate of drug-likeness (QED) is 0.826. The fourth-order valence-electron chi connectivity index (χ4n) is 3.21. The van der Waals surface area contributed by atoms with Crippen molar-refractivity contribution in [2.75, 3.05) is 26.1 Å². The number of anilines is 1. The third kappa shape index (κ3) is 3.55. The summed E-state index contributed by atoms with van der Waals surface area (Å²) in [6, 6.07) is 9.52. The average Bonchev–Trinajstić information content (AvgIpc) is 3.14. The lowest BCUT2D eigenvalue weighted by Crippen LogP contribution is -2.34. The first kappa shape index (κ1) is 18.3. The van der Waals surface area contributed by atoms with E-state index in [1.165, 1.54) is 12.1 Å². The van der Waals surface area contributed by atoms with Crippen molar-refractivity contribution >= 4 is 23.3 Å². The molecule has 1 saturated heterocycles. The topological polar surface area (TPSA) is 50.8 Å². The Labute approximate surface area is 156 Å². The number of benzene rings is 2. The number of nitrogens with one attached hydrogen (secondary N) is 1. The van der Waals surface area contributed by atoms with Crippen LogP contribution in [-0.2, 0) is 0 Å². The molecule has 1 N–H and O–H groups in total. The summed E-state index contributed by atoms with van der Waals surface area (Å²) >= 11 is 5.78. The van der Waals surface area contributed by atoms with Gasteiger partial charge in [0, 0.05) is 18.2 Å². The number of nitrogens with zero attached hydrogens (tertiary/aromatic N) is 1. The SMILES string of the molecule is COc1ccc(C2CCCN2C(=O)Nc2cccc(Cl)c2F)c(OC)c1. The number of urea groups is 1. The summed E-state index contributed by atoms with van der Waals surface area (Å²) in [5.74, 6) is 0.698. The van der Waals surface area contributed by atoms with Gasteiger partial charge in [0.25, 0.3) is 0 Å². The Hall–Kier alpha value is -2.47. The van der Waals surface area contributed by atoms with Crippen molar-refractivity contribution in [1.82, 2.24) is 4.90 Å². The molecule has 2 aromatic rings. The van der Waals surface area contributed by atoms with E-state index in [9.17, 15) is 9.18 Å². The molecule has 2 amide bonds. The van der Waals surface area contributed by atoms with Crippen molar-refractivity contribution in [3.8, 4) is 11.5 Å². The Kier molecular flexibility index (Phi) is 5.52. The molecule has 3 rings (SSSR count).